The number of carbonyl (C=O) groups is 2. The fourth-order valence-corrected chi connectivity index (χ4v) is 5.87. The lowest BCUT2D eigenvalue weighted by atomic mass is 9.86. The molecule has 2 heterocycles. The van der Waals surface area contributed by atoms with Gasteiger partial charge in [0.25, 0.3) is 6.01 Å². The zero-order valence-corrected chi connectivity index (χ0v) is 21.6. The van der Waals surface area contributed by atoms with Gasteiger partial charge in [0, 0.05) is 17.6 Å². The quantitative estimate of drug-likeness (QED) is 0.410. The summed E-state index contributed by atoms with van der Waals surface area (Å²) in [6, 6.07) is 15.1. The lowest BCUT2D eigenvalue weighted by Gasteiger charge is -2.34. The van der Waals surface area contributed by atoms with Crippen molar-refractivity contribution in [2.75, 3.05) is 18.6 Å². The third kappa shape index (κ3) is 5.02. The smallest absolute Gasteiger partial charge is 0.414 e. The van der Waals surface area contributed by atoms with Gasteiger partial charge in [0.2, 0.25) is 0 Å². The van der Waals surface area contributed by atoms with E-state index in [0.717, 1.165) is 60.8 Å². The molecule has 1 amide bonds. The van der Waals surface area contributed by atoms with E-state index in [0.29, 0.717) is 25.5 Å². The van der Waals surface area contributed by atoms with Gasteiger partial charge in [-0.15, -0.1) is 0 Å². The average Bonchev–Trinajstić information content (AvgIpc) is 3.29. The van der Waals surface area contributed by atoms with Crippen molar-refractivity contribution in [3.8, 4) is 6.01 Å². The molecule has 8 nitrogen and oxygen atoms in total. The predicted octanol–water partition coefficient (Wildman–Crippen LogP) is 5.77. The number of aliphatic carboxylic acids is 1. The van der Waals surface area contributed by atoms with Gasteiger partial charge in [-0.05, 0) is 76.0 Å². The fourth-order valence-electron chi connectivity index (χ4n) is 5.87. The zero-order valence-electron chi connectivity index (χ0n) is 21.6. The van der Waals surface area contributed by atoms with Crippen molar-refractivity contribution >= 4 is 28.8 Å². The molecule has 196 valence electrons. The van der Waals surface area contributed by atoms with Crippen LogP contribution < -0.4 is 9.64 Å². The van der Waals surface area contributed by atoms with E-state index in [1.54, 1.807) is 4.90 Å². The Hall–Kier alpha value is -3.55. The molecule has 1 aromatic heterocycles. The van der Waals surface area contributed by atoms with Crippen LogP contribution in [0.4, 0.5) is 10.5 Å². The molecule has 1 atom stereocenters. The number of nitrogens with zero attached hydrogens (tertiary/aromatic N) is 3. The van der Waals surface area contributed by atoms with Gasteiger partial charge < -0.3 is 14.6 Å². The first-order valence-corrected chi connectivity index (χ1v) is 13.3. The monoisotopic (exact) mass is 505 g/mol. The number of imidazole rings is 1. The number of carbonyl (C=O) groups excluding carboxylic acids is 1. The molecule has 0 bridgehead atoms. The van der Waals surface area contributed by atoms with E-state index in [4.69, 9.17) is 14.5 Å². The summed E-state index contributed by atoms with van der Waals surface area (Å²) < 4.78 is 13.6. The highest BCUT2D eigenvalue weighted by Crippen LogP contribution is 2.42. The lowest BCUT2D eigenvalue weighted by molar-refractivity contribution is -0.143. The number of methoxy groups -OCH3 is 1. The van der Waals surface area contributed by atoms with E-state index >= 15 is 0 Å². The van der Waals surface area contributed by atoms with Gasteiger partial charge in [-0.1, -0.05) is 30.3 Å². The minimum absolute atomic E-state index is 0.0412. The molecule has 2 aromatic carbocycles. The molecule has 1 aliphatic carbocycles. The molecule has 8 heteroatoms. The Kier molecular flexibility index (Phi) is 7.35. The Bertz CT molecular complexity index is 1260. The summed E-state index contributed by atoms with van der Waals surface area (Å²) in [5, 5.41) is 9.48. The van der Waals surface area contributed by atoms with Gasteiger partial charge in [-0.25, -0.2) is 4.79 Å². The van der Waals surface area contributed by atoms with Crippen molar-refractivity contribution in [3.05, 3.63) is 53.6 Å². The van der Waals surface area contributed by atoms with Crippen LogP contribution in [0.25, 0.3) is 11.0 Å². The topological polar surface area (TPSA) is 93.9 Å². The number of hydrogen-bond donors (Lipinski definition) is 1. The highest BCUT2D eigenvalue weighted by Gasteiger charge is 2.34. The molecule has 1 saturated carbocycles. The first-order valence-electron chi connectivity index (χ1n) is 13.3. The molecular weight excluding hydrogens is 470 g/mol. The van der Waals surface area contributed by atoms with E-state index in [2.05, 4.69) is 16.7 Å². The number of fused-ring (bicyclic) bond motifs is 3. The van der Waals surface area contributed by atoms with Gasteiger partial charge in [0.05, 0.1) is 36.4 Å². The summed E-state index contributed by atoms with van der Waals surface area (Å²) in [5.41, 5.74) is 4.99. The zero-order chi connectivity index (χ0) is 25.9. The first kappa shape index (κ1) is 25.1. The maximum Gasteiger partial charge on any atom is 0.414 e. The first-order chi connectivity index (χ1) is 18.0. The summed E-state index contributed by atoms with van der Waals surface area (Å²) in [7, 11) is 1.41. The number of hydrogen-bond acceptors (Lipinski definition) is 5. The number of ether oxygens (including phenoxy) is 2. The number of amides is 1. The molecule has 5 rings (SSSR count). The summed E-state index contributed by atoms with van der Waals surface area (Å²) in [6.45, 7) is 2.57. The molecule has 0 spiro atoms. The molecule has 1 N–H and O–H groups in total. The largest absolute Gasteiger partial charge is 0.481 e. The Morgan fingerprint density at radius 3 is 2.51 bits per heavy atom. The Morgan fingerprint density at radius 2 is 1.81 bits per heavy atom. The SMILES string of the molecule is COC(=O)N1c2ccc3c(nc(OCCCc4ccccc4)n3C3CCC(C(=O)O)CC3)c2CC[C@@H]1C. The molecule has 3 aromatic rings. The van der Waals surface area contributed by atoms with Gasteiger partial charge in [0.1, 0.15) is 0 Å². The Balaban J connectivity index is 1.46. The maximum atomic E-state index is 12.6. The summed E-state index contributed by atoms with van der Waals surface area (Å²) >= 11 is 0. The van der Waals surface area contributed by atoms with Crippen molar-refractivity contribution in [2.24, 2.45) is 5.92 Å². The van der Waals surface area contributed by atoms with Gasteiger partial charge >= 0.3 is 12.1 Å². The number of aryl methyl sites for hydroxylation is 2. The highest BCUT2D eigenvalue weighted by atomic mass is 16.5. The number of anilines is 1. The standard InChI is InChI=1S/C29H35N3O5/c1-19-10-15-23-24(31(19)29(35)36-2)16-17-25-26(23)30-28(37-18-6-9-20-7-4-3-5-8-20)32(25)22-13-11-21(12-14-22)27(33)34/h3-5,7-8,16-17,19,21-22H,6,9-15,18H2,1-2H3,(H,33,34)/t19-,21?,22?/m0/s1. The number of benzene rings is 2. The molecule has 37 heavy (non-hydrogen) atoms. The van der Waals surface area contributed by atoms with Crippen molar-refractivity contribution in [2.45, 2.75) is 70.4 Å². The molecule has 0 unspecified atom stereocenters. The molecule has 0 saturated heterocycles. The molecule has 1 fully saturated rings. The van der Waals surface area contributed by atoms with Gasteiger partial charge in [0.15, 0.2) is 0 Å². The van der Waals surface area contributed by atoms with E-state index < -0.39 is 5.97 Å². The number of aromatic nitrogens is 2. The lowest BCUT2D eigenvalue weighted by Crippen LogP contribution is -2.42. The van der Waals surface area contributed by atoms with Crippen LogP contribution in [0.3, 0.4) is 0 Å². The van der Waals surface area contributed by atoms with Crippen LogP contribution in [0, 0.1) is 5.92 Å². The second-order valence-electron chi connectivity index (χ2n) is 10.2. The minimum Gasteiger partial charge on any atom is -0.481 e. The van der Waals surface area contributed by atoms with Crippen LogP contribution in [0.5, 0.6) is 6.01 Å². The summed E-state index contributed by atoms with van der Waals surface area (Å²) in [5.74, 6) is -0.999. The normalized spacial score (nSPS) is 21.5. The van der Waals surface area contributed by atoms with E-state index in [-0.39, 0.29) is 24.1 Å². The minimum atomic E-state index is -0.711. The summed E-state index contributed by atoms with van der Waals surface area (Å²) in [4.78, 5) is 30.8. The van der Waals surface area contributed by atoms with E-state index in [1.165, 1.54) is 12.7 Å². The van der Waals surface area contributed by atoms with Crippen LogP contribution in [0.15, 0.2) is 42.5 Å². The van der Waals surface area contributed by atoms with Crippen LogP contribution >= 0.6 is 0 Å². The van der Waals surface area contributed by atoms with Gasteiger partial charge in [-0.3, -0.25) is 14.3 Å². The van der Waals surface area contributed by atoms with Crippen molar-refractivity contribution in [3.63, 3.8) is 0 Å². The van der Waals surface area contributed by atoms with E-state index in [9.17, 15) is 14.7 Å². The highest BCUT2D eigenvalue weighted by molar-refractivity contribution is 5.95. The van der Waals surface area contributed by atoms with E-state index in [1.807, 2.05) is 37.3 Å². The third-order valence-corrected chi connectivity index (χ3v) is 7.89. The average molecular weight is 506 g/mol. The van der Waals surface area contributed by atoms with Gasteiger partial charge in [-0.2, -0.15) is 4.98 Å². The number of rotatable bonds is 7. The van der Waals surface area contributed by atoms with Crippen molar-refractivity contribution < 1.29 is 24.2 Å². The fraction of sp³-hybridized carbons (Fsp3) is 0.483. The molecule has 1 aliphatic heterocycles. The van der Waals surface area contributed by atoms with Crippen LogP contribution in [0.1, 0.15) is 62.6 Å². The molecular formula is C29H35N3O5. The second-order valence-corrected chi connectivity index (χ2v) is 10.2. The second kappa shape index (κ2) is 10.8. The Labute approximate surface area is 217 Å². The van der Waals surface area contributed by atoms with Crippen molar-refractivity contribution in [1.82, 2.24) is 9.55 Å². The molecule has 0 radical (unpaired) electrons. The van der Waals surface area contributed by atoms with Crippen LogP contribution in [-0.4, -0.2) is 46.5 Å². The predicted molar refractivity (Wildman–Crippen MR) is 141 cm³/mol. The third-order valence-electron chi connectivity index (χ3n) is 7.89. The summed E-state index contributed by atoms with van der Waals surface area (Å²) in [6.07, 6.45) is 5.89. The van der Waals surface area contributed by atoms with Crippen LogP contribution in [0.2, 0.25) is 0 Å². The molecule has 2 aliphatic rings. The Morgan fingerprint density at radius 1 is 1.05 bits per heavy atom. The van der Waals surface area contributed by atoms with Crippen molar-refractivity contribution in [1.29, 1.82) is 0 Å². The maximum absolute atomic E-state index is 12.6. The van der Waals surface area contributed by atoms with Crippen LogP contribution in [-0.2, 0) is 22.4 Å². The number of carboxylic acids is 1. The number of carboxylic acid groups (broad SMARTS) is 1.